The molecule has 0 heterocycles. The van der Waals surface area contributed by atoms with E-state index in [9.17, 15) is 25.0 Å². The Kier molecular flexibility index (Phi) is 4.59. The molecule has 124 valence electrons. The molecule has 0 saturated carbocycles. The van der Waals surface area contributed by atoms with Crippen LogP contribution < -0.4 is 4.74 Å². The largest absolute Gasteiger partial charge is 0.422 e. The quantitative estimate of drug-likeness (QED) is 0.366. The molecule has 0 radical (unpaired) electrons. The highest BCUT2D eigenvalue weighted by molar-refractivity contribution is 5.93. The third-order valence-electron chi connectivity index (χ3n) is 3.63. The number of rotatable bonds is 4. The van der Waals surface area contributed by atoms with E-state index in [2.05, 4.69) is 0 Å². The van der Waals surface area contributed by atoms with Crippen molar-refractivity contribution in [2.24, 2.45) is 0 Å². The molecule has 2 aromatic rings. The van der Waals surface area contributed by atoms with Gasteiger partial charge in [0, 0.05) is 12.1 Å². The molecule has 0 aliphatic rings. The fraction of sp³-hybridized carbons (Fsp3) is 0.188. The highest BCUT2D eigenvalue weighted by atomic mass is 16.6. The van der Waals surface area contributed by atoms with Crippen molar-refractivity contribution in [3.8, 4) is 5.75 Å². The van der Waals surface area contributed by atoms with Gasteiger partial charge in [-0.05, 0) is 37.5 Å². The van der Waals surface area contributed by atoms with Crippen molar-refractivity contribution in [2.75, 3.05) is 0 Å². The topological polar surface area (TPSA) is 113 Å². The van der Waals surface area contributed by atoms with Crippen LogP contribution in [0.15, 0.2) is 30.3 Å². The molecule has 8 heteroatoms. The number of esters is 1. The summed E-state index contributed by atoms with van der Waals surface area (Å²) in [6, 6.07) is 6.35. The summed E-state index contributed by atoms with van der Waals surface area (Å²) in [5.74, 6) is -0.548. The summed E-state index contributed by atoms with van der Waals surface area (Å²) in [6.07, 6.45) is 0. The third-order valence-corrected chi connectivity index (χ3v) is 3.63. The number of aryl methyl sites for hydroxylation is 2. The summed E-state index contributed by atoms with van der Waals surface area (Å²) in [5, 5.41) is 21.8. The Bertz CT molecular complexity index is 828. The monoisotopic (exact) mass is 330 g/mol. The minimum atomic E-state index is -0.890. The SMILES string of the molecule is Cc1ccc(C)c(OC(=O)c2cc([N+](=O)[O-])cc([N+](=O)[O-])c2)c1C. The average molecular weight is 330 g/mol. The summed E-state index contributed by atoms with van der Waals surface area (Å²) in [4.78, 5) is 32.5. The number of carbonyl (C=O) groups is 1. The van der Waals surface area contributed by atoms with E-state index >= 15 is 0 Å². The second-order valence-electron chi connectivity index (χ2n) is 5.30. The molecular formula is C16H14N2O6. The van der Waals surface area contributed by atoms with Crippen LogP contribution in [-0.4, -0.2) is 15.8 Å². The second kappa shape index (κ2) is 6.45. The molecule has 0 aliphatic carbocycles. The molecule has 0 bridgehead atoms. The molecule has 2 rings (SSSR count). The van der Waals surface area contributed by atoms with E-state index in [1.165, 1.54) is 0 Å². The van der Waals surface area contributed by atoms with E-state index in [4.69, 9.17) is 4.74 Å². The Balaban J connectivity index is 2.45. The van der Waals surface area contributed by atoms with Crippen molar-refractivity contribution in [3.63, 3.8) is 0 Å². The summed E-state index contributed by atoms with van der Waals surface area (Å²) in [6.45, 7) is 5.39. The molecule has 0 N–H and O–H groups in total. The first-order valence-electron chi connectivity index (χ1n) is 6.93. The lowest BCUT2D eigenvalue weighted by Crippen LogP contribution is -2.11. The molecular weight excluding hydrogens is 316 g/mol. The highest BCUT2D eigenvalue weighted by Gasteiger charge is 2.22. The molecule has 0 unspecified atom stereocenters. The zero-order valence-corrected chi connectivity index (χ0v) is 13.2. The molecule has 0 aliphatic heterocycles. The maximum absolute atomic E-state index is 12.3. The van der Waals surface area contributed by atoms with Gasteiger partial charge in [-0.2, -0.15) is 0 Å². The van der Waals surface area contributed by atoms with Gasteiger partial charge in [0.05, 0.1) is 21.5 Å². The lowest BCUT2D eigenvalue weighted by Gasteiger charge is -2.12. The minimum absolute atomic E-state index is 0.254. The van der Waals surface area contributed by atoms with Gasteiger partial charge in [-0.3, -0.25) is 20.2 Å². The molecule has 8 nitrogen and oxygen atoms in total. The van der Waals surface area contributed by atoms with Gasteiger partial charge in [0.2, 0.25) is 0 Å². The van der Waals surface area contributed by atoms with Crippen LogP contribution in [0.4, 0.5) is 11.4 Å². The van der Waals surface area contributed by atoms with Gasteiger partial charge < -0.3 is 4.74 Å². The zero-order chi connectivity index (χ0) is 18.0. The fourth-order valence-corrected chi connectivity index (χ4v) is 2.16. The number of ether oxygens (including phenoxy) is 1. The van der Waals surface area contributed by atoms with Crippen LogP contribution in [0.25, 0.3) is 0 Å². The van der Waals surface area contributed by atoms with Crippen molar-refractivity contribution in [1.29, 1.82) is 0 Å². The first kappa shape index (κ1) is 17.1. The Hall–Kier alpha value is -3.29. The van der Waals surface area contributed by atoms with Gasteiger partial charge in [-0.15, -0.1) is 0 Å². The van der Waals surface area contributed by atoms with Crippen LogP contribution in [0.1, 0.15) is 27.0 Å². The van der Waals surface area contributed by atoms with Gasteiger partial charge in [-0.25, -0.2) is 4.79 Å². The number of carbonyl (C=O) groups excluding carboxylic acids is 1. The molecule has 0 aromatic heterocycles. The molecule has 0 saturated heterocycles. The molecule has 0 atom stereocenters. The van der Waals surface area contributed by atoms with Crippen molar-refractivity contribution in [2.45, 2.75) is 20.8 Å². The number of nitrogens with zero attached hydrogens (tertiary/aromatic N) is 2. The lowest BCUT2D eigenvalue weighted by molar-refractivity contribution is -0.394. The normalized spacial score (nSPS) is 10.3. The first-order valence-corrected chi connectivity index (χ1v) is 6.93. The predicted molar refractivity (Wildman–Crippen MR) is 85.4 cm³/mol. The number of nitro groups is 2. The molecule has 0 fully saturated rings. The number of non-ortho nitro benzene ring substituents is 2. The first-order chi connectivity index (χ1) is 11.2. The van der Waals surface area contributed by atoms with Gasteiger partial charge in [0.1, 0.15) is 5.75 Å². The van der Waals surface area contributed by atoms with Crippen LogP contribution in [0.2, 0.25) is 0 Å². The van der Waals surface area contributed by atoms with E-state index in [-0.39, 0.29) is 5.56 Å². The van der Waals surface area contributed by atoms with Crippen LogP contribution >= 0.6 is 0 Å². The van der Waals surface area contributed by atoms with Crippen LogP contribution in [0, 0.1) is 41.0 Å². The number of benzene rings is 2. The third kappa shape index (κ3) is 3.37. The van der Waals surface area contributed by atoms with E-state index in [1.54, 1.807) is 19.9 Å². The summed E-state index contributed by atoms with van der Waals surface area (Å²) >= 11 is 0. The Labute approximate surface area is 137 Å². The smallest absolute Gasteiger partial charge is 0.344 e. The molecule has 0 amide bonds. The van der Waals surface area contributed by atoms with Crippen molar-refractivity contribution in [3.05, 3.63) is 72.8 Å². The molecule has 24 heavy (non-hydrogen) atoms. The summed E-state index contributed by atoms with van der Waals surface area (Å²) in [7, 11) is 0. The van der Waals surface area contributed by atoms with Crippen molar-refractivity contribution in [1.82, 2.24) is 0 Å². The van der Waals surface area contributed by atoms with Crippen molar-refractivity contribution >= 4 is 17.3 Å². The Morgan fingerprint density at radius 3 is 1.92 bits per heavy atom. The van der Waals surface area contributed by atoms with Crippen LogP contribution in [0.3, 0.4) is 0 Å². The Morgan fingerprint density at radius 2 is 1.42 bits per heavy atom. The number of nitro benzene ring substituents is 2. The maximum Gasteiger partial charge on any atom is 0.344 e. The van der Waals surface area contributed by atoms with Gasteiger partial charge in [-0.1, -0.05) is 12.1 Å². The van der Waals surface area contributed by atoms with Gasteiger partial charge in [0.15, 0.2) is 0 Å². The maximum atomic E-state index is 12.3. The second-order valence-corrected chi connectivity index (χ2v) is 5.30. The van der Waals surface area contributed by atoms with E-state index in [0.29, 0.717) is 11.3 Å². The molecule has 2 aromatic carbocycles. The van der Waals surface area contributed by atoms with E-state index < -0.39 is 27.2 Å². The average Bonchev–Trinajstić information content (AvgIpc) is 2.54. The van der Waals surface area contributed by atoms with E-state index in [0.717, 1.165) is 29.3 Å². The Morgan fingerprint density at radius 1 is 0.917 bits per heavy atom. The van der Waals surface area contributed by atoms with Crippen molar-refractivity contribution < 1.29 is 19.4 Å². The summed E-state index contributed by atoms with van der Waals surface area (Å²) in [5.41, 5.74) is 1.03. The van der Waals surface area contributed by atoms with Gasteiger partial charge >= 0.3 is 5.97 Å². The number of hydrogen-bond donors (Lipinski definition) is 0. The minimum Gasteiger partial charge on any atom is -0.422 e. The van der Waals surface area contributed by atoms with E-state index in [1.807, 2.05) is 13.0 Å². The predicted octanol–water partition coefficient (Wildman–Crippen LogP) is 3.65. The highest BCUT2D eigenvalue weighted by Crippen LogP contribution is 2.28. The number of hydrogen-bond acceptors (Lipinski definition) is 6. The summed E-state index contributed by atoms with van der Waals surface area (Å²) < 4.78 is 5.33. The standard InChI is InChI=1S/C16H14N2O6/c1-9-4-5-10(2)15(11(9)3)24-16(19)12-6-13(17(20)21)8-14(7-12)18(22)23/h4-8H,1-3H3. The van der Waals surface area contributed by atoms with Crippen LogP contribution in [-0.2, 0) is 0 Å². The fourth-order valence-electron chi connectivity index (χ4n) is 2.16. The molecule has 0 spiro atoms. The zero-order valence-electron chi connectivity index (χ0n) is 13.2. The lowest BCUT2D eigenvalue weighted by atomic mass is 10.1. The van der Waals surface area contributed by atoms with Crippen LogP contribution in [0.5, 0.6) is 5.75 Å². The van der Waals surface area contributed by atoms with Gasteiger partial charge in [0.25, 0.3) is 11.4 Å².